The molecule has 4 heteroatoms. The fourth-order valence-electron chi connectivity index (χ4n) is 4.02. The van der Waals surface area contributed by atoms with Gasteiger partial charge in [-0.05, 0) is 45.7 Å². The van der Waals surface area contributed by atoms with Gasteiger partial charge >= 0.3 is 0 Å². The first kappa shape index (κ1) is 16.2. The third kappa shape index (κ3) is 2.39. The molecule has 4 nitrogen and oxygen atoms in total. The Morgan fingerprint density at radius 3 is 1.92 bits per heavy atom. The van der Waals surface area contributed by atoms with Crippen LogP contribution in [0.2, 0.25) is 0 Å². The number of hydrogen-bond donors (Lipinski definition) is 0. The number of benzene rings is 2. The fourth-order valence-corrected chi connectivity index (χ4v) is 4.02. The van der Waals surface area contributed by atoms with Gasteiger partial charge in [-0.3, -0.25) is 0 Å². The van der Waals surface area contributed by atoms with Gasteiger partial charge in [-0.1, -0.05) is 57.2 Å². The maximum atomic E-state index is 11.2. The second kappa shape index (κ2) is 5.20. The molecule has 0 aliphatic heterocycles. The molecule has 0 saturated heterocycles. The van der Waals surface area contributed by atoms with E-state index in [1.807, 2.05) is 6.07 Å². The highest BCUT2D eigenvalue weighted by atomic mass is 16.4. The van der Waals surface area contributed by atoms with Gasteiger partial charge in [0.1, 0.15) is 0 Å². The monoisotopic (exact) mass is 322 g/mol. The molecule has 24 heavy (non-hydrogen) atoms. The molecule has 0 bridgehead atoms. The molecule has 0 radical (unpaired) electrons. The predicted molar refractivity (Wildman–Crippen MR) is 85.6 cm³/mol. The SMILES string of the molecule is CC1(C)C[C@@](C)(c2ccc(C(=O)[O-])cc2)c2cc(C(=O)[O-])ccc21. The van der Waals surface area contributed by atoms with E-state index >= 15 is 0 Å². The topological polar surface area (TPSA) is 80.3 Å². The quantitative estimate of drug-likeness (QED) is 0.855. The van der Waals surface area contributed by atoms with Crippen molar-refractivity contribution in [3.63, 3.8) is 0 Å². The van der Waals surface area contributed by atoms with Crippen molar-refractivity contribution in [3.8, 4) is 0 Å². The van der Waals surface area contributed by atoms with Crippen LogP contribution in [0.15, 0.2) is 42.5 Å². The molecule has 0 amide bonds. The lowest BCUT2D eigenvalue weighted by Gasteiger charge is -2.29. The van der Waals surface area contributed by atoms with Crippen LogP contribution in [0.5, 0.6) is 0 Å². The van der Waals surface area contributed by atoms with E-state index in [4.69, 9.17) is 0 Å². The Morgan fingerprint density at radius 2 is 1.38 bits per heavy atom. The van der Waals surface area contributed by atoms with E-state index in [0.29, 0.717) is 0 Å². The van der Waals surface area contributed by atoms with Crippen molar-refractivity contribution in [3.05, 3.63) is 70.3 Å². The molecule has 0 N–H and O–H groups in total. The summed E-state index contributed by atoms with van der Waals surface area (Å²) in [6.07, 6.45) is 0.802. The number of carboxylic acid groups (broad SMARTS) is 2. The Balaban J connectivity index is 2.17. The van der Waals surface area contributed by atoms with Crippen LogP contribution in [0.25, 0.3) is 0 Å². The van der Waals surface area contributed by atoms with Crippen LogP contribution in [0.3, 0.4) is 0 Å². The lowest BCUT2D eigenvalue weighted by Crippen LogP contribution is -2.26. The molecule has 0 heterocycles. The molecule has 1 aliphatic carbocycles. The molecular weight excluding hydrogens is 304 g/mol. The van der Waals surface area contributed by atoms with Crippen molar-refractivity contribution < 1.29 is 19.8 Å². The maximum Gasteiger partial charge on any atom is 0.0715 e. The zero-order chi connectivity index (χ0) is 17.7. The average Bonchev–Trinajstić information content (AvgIpc) is 2.74. The normalized spacial score (nSPS) is 21.3. The number of fused-ring (bicyclic) bond motifs is 1. The third-order valence-electron chi connectivity index (χ3n) is 5.13. The Kier molecular flexibility index (Phi) is 3.52. The molecule has 2 aromatic rings. The van der Waals surface area contributed by atoms with Gasteiger partial charge in [0.15, 0.2) is 0 Å². The number of carbonyl (C=O) groups excluding carboxylic acids is 2. The van der Waals surface area contributed by atoms with Crippen molar-refractivity contribution in [1.82, 2.24) is 0 Å². The van der Waals surface area contributed by atoms with Crippen LogP contribution >= 0.6 is 0 Å². The third-order valence-corrected chi connectivity index (χ3v) is 5.13. The van der Waals surface area contributed by atoms with Gasteiger partial charge in [0.05, 0.1) is 11.9 Å². The van der Waals surface area contributed by atoms with Crippen LogP contribution < -0.4 is 10.2 Å². The van der Waals surface area contributed by atoms with Crippen molar-refractivity contribution >= 4 is 11.9 Å². The van der Waals surface area contributed by atoms with Crippen molar-refractivity contribution in [2.45, 2.75) is 38.0 Å². The summed E-state index contributed by atoms with van der Waals surface area (Å²) < 4.78 is 0. The summed E-state index contributed by atoms with van der Waals surface area (Å²) in [7, 11) is 0. The van der Waals surface area contributed by atoms with Crippen LogP contribution in [-0.2, 0) is 10.8 Å². The highest BCUT2D eigenvalue weighted by Gasteiger charge is 2.45. The van der Waals surface area contributed by atoms with Crippen LogP contribution in [0.4, 0.5) is 0 Å². The highest BCUT2D eigenvalue weighted by Crippen LogP contribution is 2.52. The number of carboxylic acids is 2. The first-order chi connectivity index (χ1) is 11.1. The minimum atomic E-state index is -1.21. The van der Waals surface area contributed by atoms with Gasteiger partial charge in [0, 0.05) is 5.41 Å². The first-order valence-corrected chi connectivity index (χ1v) is 7.83. The summed E-state index contributed by atoms with van der Waals surface area (Å²) in [4.78, 5) is 22.2. The van der Waals surface area contributed by atoms with E-state index in [0.717, 1.165) is 23.1 Å². The van der Waals surface area contributed by atoms with Crippen LogP contribution in [0, 0.1) is 0 Å². The van der Waals surface area contributed by atoms with E-state index in [1.54, 1.807) is 24.3 Å². The van der Waals surface area contributed by atoms with Crippen molar-refractivity contribution in [2.24, 2.45) is 0 Å². The first-order valence-electron chi connectivity index (χ1n) is 7.83. The van der Waals surface area contributed by atoms with Gasteiger partial charge in [0.2, 0.25) is 0 Å². The molecule has 3 rings (SSSR count). The van der Waals surface area contributed by atoms with Crippen molar-refractivity contribution in [2.75, 3.05) is 0 Å². The number of hydrogen-bond acceptors (Lipinski definition) is 4. The predicted octanol–water partition coefficient (Wildman–Crippen LogP) is 1.40. The Morgan fingerprint density at radius 1 is 0.833 bits per heavy atom. The lowest BCUT2D eigenvalue weighted by atomic mass is 9.75. The lowest BCUT2D eigenvalue weighted by molar-refractivity contribution is -0.256. The molecule has 2 aromatic carbocycles. The van der Waals surface area contributed by atoms with Crippen LogP contribution in [-0.4, -0.2) is 11.9 Å². The standard InChI is InChI=1S/C20H20O4/c1-19(2)11-20(3,14-7-4-12(5-8-14)17(21)22)16-10-13(18(23)24)6-9-15(16)19/h4-10H,11H2,1-3H3,(H,21,22)(H,23,24)/p-2/t20-/m0/s1. The smallest absolute Gasteiger partial charge is 0.0715 e. The van der Waals surface area contributed by atoms with Gasteiger partial charge < -0.3 is 19.8 Å². The highest BCUT2D eigenvalue weighted by molar-refractivity contribution is 5.87. The van der Waals surface area contributed by atoms with E-state index in [1.165, 1.54) is 12.1 Å². The summed E-state index contributed by atoms with van der Waals surface area (Å²) in [5.41, 5.74) is 2.80. The van der Waals surface area contributed by atoms with E-state index in [9.17, 15) is 19.8 Å². The summed E-state index contributed by atoms with van der Waals surface area (Å²) in [5, 5.41) is 22.2. The molecule has 0 fully saturated rings. The van der Waals surface area contributed by atoms with Gasteiger partial charge in [-0.2, -0.15) is 0 Å². The Hall–Kier alpha value is -2.62. The minimum absolute atomic E-state index is 0.110. The molecule has 0 unspecified atom stereocenters. The molecule has 0 aromatic heterocycles. The van der Waals surface area contributed by atoms with Crippen molar-refractivity contribution in [1.29, 1.82) is 0 Å². The summed E-state index contributed by atoms with van der Waals surface area (Å²) in [5.74, 6) is -2.41. The van der Waals surface area contributed by atoms with Gasteiger partial charge in [0.25, 0.3) is 0 Å². The van der Waals surface area contributed by atoms with E-state index in [2.05, 4.69) is 20.8 Å². The Labute approximate surface area is 140 Å². The molecule has 1 atom stereocenters. The Bertz CT molecular complexity index is 833. The number of aromatic carboxylic acids is 2. The number of carbonyl (C=O) groups is 2. The zero-order valence-corrected chi connectivity index (χ0v) is 13.9. The molecule has 124 valence electrons. The summed E-state index contributed by atoms with van der Waals surface area (Å²) in [6, 6.07) is 11.8. The number of rotatable bonds is 3. The molecule has 1 aliphatic rings. The van der Waals surface area contributed by atoms with E-state index in [-0.39, 0.29) is 16.5 Å². The second-order valence-electron chi connectivity index (χ2n) is 7.31. The van der Waals surface area contributed by atoms with Crippen LogP contribution in [0.1, 0.15) is 64.6 Å². The second-order valence-corrected chi connectivity index (χ2v) is 7.31. The fraction of sp³-hybridized carbons (Fsp3) is 0.300. The molecular formula is C20H18O4-2. The summed E-state index contributed by atoms with van der Waals surface area (Å²) >= 11 is 0. The van der Waals surface area contributed by atoms with Gasteiger partial charge in [-0.25, -0.2) is 0 Å². The summed E-state index contributed by atoms with van der Waals surface area (Å²) in [6.45, 7) is 6.32. The largest absolute Gasteiger partial charge is 0.545 e. The molecule has 0 spiro atoms. The van der Waals surface area contributed by atoms with E-state index < -0.39 is 17.4 Å². The average molecular weight is 322 g/mol. The molecule has 0 saturated carbocycles. The minimum Gasteiger partial charge on any atom is -0.545 e. The van der Waals surface area contributed by atoms with Gasteiger partial charge in [-0.15, -0.1) is 0 Å². The maximum absolute atomic E-state index is 11.2. The zero-order valence-electron chi connectivity index (χ0n) is 13.9.